The van der Waals surface area contributed by atoms with Gasteiger partial charge in [-0.2, -0.15) is 0 Å². The Morgan fingerprint density at radius 2 is 1.38 bits per heavy atom. The predicted molar refractivity (Wildman–Crippen MR) is 166 cm³/mol. The van der Waals surface area contributed by atoms with Crippen LogP contribution in [0.3, 0.4) is 0 Å². The number of alkyl carbamates (subject to hydrolysis) is 1. The first-order valence-corrected chi connectivity index (χ1v) is 15.0. The fourth-order valence-electron chi connectivity index (χ4n) is 4.31. The predicted octanol–water partition coefficient (Wildman–Crippen LogP) is 3.03. The van der Waals surface area contributed by atoms with Crippen LogP contribution in [0.2, 0.25) is 0 Å². The van der Waals surface area contributed by atoms with Gasteiger partial charge < -0.3 is 31.2 Å². The minimum atomic E-state index is -1.27. The molecule has 2 aromatic carbocycles. The number of Topliss-reactive ketones (excluding diaryl/α,β-unsaturated/α-hetero) is 1. The molecule has 12 nitrogen and oxygen atoms in total. The normalized spacial score (nSPS) is 13.4. The summed E-state index contributed by atoms with van der Waals surface area (Å²) in [5, 5.41) is 7.77. The van der Waals surface area contributed by atoms with Crippen molar-refractivity contribution >= 4 is 35.6 Å². The summed E-state index contributed by atoms with van der Waals surface area (Å²) < 4.78 is 10.5. The number of esters is 1. The van der Waals surface area contributed by atoms with E-state index in [-0.39, 0.29) is 37.7 Å². The highest BCUT2D eigenvalue weighted by atomic mass is 16.5. The van der Waals surface area contributed by atoms with Crippen LogP contribution in [-0.4, -0.2) is 60.3 Å². The summed E-state index contributed by atoms with van der Waals surface area (Å²) in [7, 11) is 0. The molecule has 0 saturated carbocycles. The molecule has 0 bridgehead atoms. The van der Waals surface area contributed by atoms with E-state index in [0.717, 1.165) is 5.56 Å². The van der Waals surface area contributed by atoms with Gasteiger partial charge in [0.1, 0.15) is 24.7 Å². The Hall–Kier alpha value is -4.74. The first-order chi connectivity index (χ1) is 21.4. The van der Waals surface area contributed by atoms with Crippen molar-refractivity contribution in [2.75, 3.05) is 6.61 Å². The summed E-state index contributed by atoms with van der Waals surface area (Å²) in [5.41, 5.74) is 6.45. The second kappa shape index (κ2) is 18.8. The molecular weight excluding hydrogens is 580 g/mol. The van der Waals surface area contributed by atoms with E-state index < -0.39 is 60.3 Å². The maximum absolute atomic E-state index is 13.4. The monoisotopic (exact) mass is 624 g/mol. The zero-order valence-corrected chi connectivity index (χ0v) is 26.2. The first-order valence-electron chi connectivity index (χ1n) is 15.0. The Balaban J connectivity index is 2.13. The lowest BCUT2D eigenvalue weighted by atomic mass is 9.97. The third kappa shape index (κ3) is 13.2. The molecule has 0 radical (unpaired) electrons. The number of ether oxygens (including phenoxy) is 2. The fraction of sp³-hybridized carbons (Fsp3) is 0.455. The van der Waals surface area contributed by atoms with Gasteiger partial charge in [-0.05, 0) is 30.2 Å². The van der Waals surface area contributed by atoms with Crippen LogP contribution in [0.1, 0.15) is 69.3 Å². The summed E-state index contributed by atoms with van der Waals surface area (Å²) >= 11 is 0. The Kier molecular flexibility index (Phi) is 15.2. The lowest BCUT2D eigenvalue weighted by Crippen LogP contribution is -2.57. The smallest absolute Gasteiger partial charge is 0.408 e. The zero-order chi connectivity index (χ0) is 33.4. The second-order valence-electron chi connectivity index (χ2n) is 11.2. The summed E-state index contributed by atoms with van der Waals surface area (Å²) in [6.45, 7) is 6.75. The third-order valence-electron chi connectivity index (χ3n) is 7.04. The number of hydrogen-bond donors (Lipinski definition) is 4. The summed E-state index contributed by atoms with van der Waals surface area (Å²) in [5.74, 6) is -3.75. The van der Waals surface area contributed by atoms with Crippen LogP contribution in [0, 0.1) is 11.8 Å². The van der Waals surface area contributed by atoms with Crippen molar-refractivity contribution in [3.8, 4) is 0 Å². The van der Waals surface area contributed by atoms with Crippen molar-refractivity contribution in [1.29, 1.82) is 0 Å². The van der Waals surface area contributed by atoms with Crippen molar-refractivity contribution in [3.05, 3.63) is 71.8 Å². The molecule has 4 atom stereocenters. The summed E-state index contributed by atoms with van der Waals surface area (Å²) in [6.07, 6.45) is -0.509. The topological polar surface area (TPSA) is 183 Å². The average molecular weight is 625 g/mol. The van der Waals surface area contributed by atoms with Crippen molar-refractivity contribution in [1.82, 2.24) is 16.0 Å². The van der Waals surface area contributed by atoms with Gasteiger partial charge in [0.25, 0.3) is 0 Å². The molecule has 0 spiro atoms. The molecule has 4 amide bonds. The van der Waals surface area contributed by atoms with Crippen molar-refractivity contribution in [2.24, 2.45) is 17.6 Å². The number of hydrogen-bond acceptors (Lipinski definition) is 8. The molecule has 2 aromatic rings. The van der Waals surface area contributed by atoms with Gasteiger partial charge in [-0.3, -0.25) is 19.2 Å². The minimum Gasteiger partial charge on any atom is -0.456 e. The molecule has 0 aliphatic rings. The molecule has 0 aliphatic carbocycles. The highest BCUT2D eigenvalue weighted by molar-refractivity contribution is 5.98. The summed E-state index contributed by atoms with van der Waals surface area (Å²) in [4.78, 5) is 76.4. The van der Waals surface area contributed by atoms with Crippen molar-refractivity contribution < 1.29 is 38.2 Å². The number of rotatable bonds is 18. The highest BCUT2D eigenvalue weighted by Gasteiger charge is 2.33. The van der Waals surface area contributed by atoms with E-state index in [9.17, 15) is 28.8 Å². The number of primary amides is 1. The standard InChI is InChI=1S/C33H44N4O8/c1-5-22(4)29(37-33(43)45-19-23-12-8-6-9-13-23)31(41)35-25(16-17-28(34)39)30(40)36-26(18-21(2)3)32(42)44-20-27(38)24-14-10-7-11-15-24/h6-15,21-22,25-26,29H,5,16-20H2,1-4H3,(H2,34,39)(H,35,41)(H,36,40)(H,37,43)/t22-,25+,26+,29+/m0/s1. The van der Waals surface area contributed by atoms with Crippen molar-refractivity contribution in [3.63, 3.8) is 0 Å². The SMILES string of the molecule is CC[C@H](C)[C@@H](NC(=O)OCc1ccccc1)C(=O)N[C@H](CCC(N)=O)C(=O)N[C@H](CC(C)C)C(=O)OCC(=O)c1ccccc1. The van der Waals surface area contributed by atoms with E-state index in [4.69, 9.17) is 15.2 Å². The van der Waals surface area contributed by atoms with Gasteiger partial charge in [0.15, 0.2) is 12.4 Å². The van der Waals surface area contributed by atoms with Crippen LogP contribution >= 0.6 is 0 Å². The van der Waals surface area contributed by atoms with Crippen molar-refractivity contribution in [2.45, 2.75) is 78.1 Å². The van der Waals surface area contributed by atoms with Gasteiger partial charge in [0, 0.05) is 12.0 Å². The summed E-state index contributed by atoms with van der Waals surface area (Å²) in [6, 6.07) is 13.9. The molecule has 244 valence electrons. The quantitative estimate of drug-likeness (QED) is 0.144. The van der Waals surface area contributed by atoms with E-state index in [1.807, 2.05) is 26.8 Å². The molecule has 0 fully saturated rings. The van der Waals surface area contributed by atoms with Gasteiger partial charge >= 0.3 is 12.1 Å². The van der Waals surface area contributed by atoms with Gasteiger partial charge in [0.05, 0.1) is 0 Å². The number of carbonyl (C=O) groups is 6. The maximum Gasteiger partial charge on any atom is 0.408 e. The molecule has 0 saturated heterocycles. The lowest BCUT2D eigenvalue weighted by Gasteiger charge is -2.27. The van der Waals surface area contributed by atoms with Gasteiger partial charge in [-0.1, -0.05) is 94.8 Å². The number of carbonyl (C=O) groups excluding carboxylic acids is 6. The Labute approximate surface area is 263 Å². The van der Waals surface area contributed by atoms with E-state index in [0.29, 0.717) is 12.0 Å². The van der Waals surface area contributed by atoms with Crippen LogP contribution in [-0.2, 0) is 35.3 Å². The molecule has 0 unspecified atom stereocenters. The zero-order valence-electron chi connectivity index (χ0n) is 26.2. The second-order valence-corrected chi connectivity index (χ2v) is 11.2. The molecule has 0 heterocycles. The van der Waals surface area contributed by atoms with Gasteiger partial charge in [-0.15, -0.1) is 0 Å². The molecule has 0 aromatic heterocycles. The van der Waals surface area contributed by atoms with Crippen LogP contribution in [0.15, 0.2) is 60.7 Å². The molecule has 5 N–H and O–H groups in total. The maximum atomic E-state index is 13.4. The van der Waals surface area contributed by atoms with Crippen LogP contribution < -0.4 is 21.7 Å². The highest BCUT2D eigenvalue weighted by Crippen LogP contribution is 2.12. The van der Waals surface area contributed by atoms with Crippen LogP contribution in [0.25, 0.3) is 0 Å². The van der Waals surface area contributed by atoms with Crippen LogP contribution in [0.4, 0.5) is 4.79 Å². The van der Waals surface area contributed by atoms with E-state index in [1.54, 1.807) is 61.5 Å². The molecule has 2 rings (SSSR count). The molecule has 0 aliphatic heterocycles. The number of nitrogens with two attached hydrogens (primary N) is 1. The van der Waals surface area contributed by atoms with E-state index in [2.05, 4.69) is 16.0 Å². The number of ketones is 1. The lowest BCUT2D eigenvalue weighted by molar-refractivity contribution is -0.147. The Morgan fingerprint density at radius 3 is 1.96 bits per heavy atom. The van der Waals surface area contributed by atoms with Gasteiger partial charge in [-0.25, -0.2) is 9.59 Å². The Morgan fingerprint density at radius 1 is 0.778 bits per heavy atom. The van der Waals surface area contributed by atoms with Crippen LogP contribution in [0.5, 0.6) is 0 Å². The van der Waals surface area contributed by atoms with E-state index in [1.165, 1.54) is 0 Å². The first kappa shape index (κ1) is 36.5. The number of nitrogens with one attached hydrogen (secondary N) is 3. The minimum absolute atomic E-state index is 0.00452. The molecular formula is C33H44N4O8. The van der Waals surface area contributed by atoms with E-state index >= 15 is 0 Å². The molecule has 45 heavy (non-hydrogen) atoms. The van der Waals surface area contributed by atoms with Gasteiger partial charge in [0.2, 0.25) is 17.7 Å². The fourth-order valence-corrected chi connectivity index (χ4v) is 4.31. The average Bonchev–Trinajstić information content (AvgIpc) is 3.02. The third-order valence-corrected chi connectivity index (χ3v) is 7.04. The largest absolute Gasteiger partial charge is 0.456 e. The number of benzene rings is 2. The Bertz CT molecular complexity index is 1290. The molecule has 12 heteroatoms. The number of amides is 4.